The van der Waals surface area contributed by atoms with Gasteiger partial charge >= 0.3 is 18.3 Å². The van der Waals surface area contributed by atoms with Gasteiger partial charge in [-0.2, -0.15) is 4.31 Å². The van der Waals surface area contributed by atoms with Crippen LogP contribution in [-0.2, 0) is 96.2 Å². The number of phenols is 2. The summed E-state index contributed by atoms with van der Waals surface area (Å²) in [6.45, 7) is 2.77. The lowest BCUT2D eigenvalue weighted by molar-refractivity contribution is -0.107. The smallest absolute Gasteiger partial charge is 0.407 e. The molecule has 8 heterocycles. The van der Waals surface area contributed by atoms with Gasteiger partial charge in [0.15, 0.2) is 53.4 Å². The molecule has 126 heavy (non-hydrogen) atoms. The quantitative estimate of drug-likeness (QED) is 0.0110. The van der Waals surface area contributed by atoms with E-state index in [0.29, 0.717) is 93.8 Å². The van der Waals surface area contributed by atoms with Crippen LogP contribution in [0.5, 0.6) is 40.2 Å². The van der Waals surface area contributed by atoms with Gasteiger partial charge in [-0.3, -0.25) is 0 Å². The third kappa shape index (κ3) is 24.4. The molecule has 0 aliphatic carbocycles. The Hall–Kier alpha value is -11.5. The first kappa shape index (κ1) is 90.8. The summed E-state index contributed by atoms with van der Waals surface area (Å²) in [4.78, 5) is 48.6. The first-order valence-electron chi connectivity index (χ1n) is 42.1. The monoisotopic (exact) mass is 1750 g/mol. The number of hydrogen-bond acceptors (Lipinski definition) is 27. The fourth-order valence-corrected chi connectivity index (χ4v) is 17.4. The van der Waals surface area contributed by atoms with Gasteiger partial charge < -0.3 is 124 Å². The Labute approximate surface area is 730 Å². The number of amides is 3. The Morgan fingerprint density at radius 1 is 0.468 bits per heavy atom. The predicted octanol–water partition coefficient (Wildman–Crippen LogP) is 9.77. The Morgan fingerprint density at radius 2 is 0.873 bits per heavy atom. The number of hydrogen-bond donors (Lipinski definition) is 10. The van der Waals surface area contributed by atoms with Gasteiger partial charge in [-0.05, 0) is 133 Å². The van der Waals surface area contributed by atoms with E-state index in [9.17, 15) is 53.1 Å². The van der Waals surface area contributed by atoms with Crippen molar-refractivity contribution >= 4 is 34.6 Å². The number of aldehydes is 1. The number of aliphatic hydroxyl groups excluding tert-OH is 3. The number of ether oxygens (including phenoxy) is 14. The molecule has 3 amide bonds. The van der Waals surface area contributed by atoms with E-state index in [1.165, 1.54) is 49.6 Å². The van der Waals surface area contributed by atoms with Crippen molar-refractivity contribution in [3.05, 3.63) is 275 Å². The molecule has 6 fully saturated rings. The number of sulfonamides is 1. The number of nitrogens with zero attached hydrogens (tertiary/aromatic N) is 1. The predicted molar refractivity (Wildman–Crippen MR) is 456 cm³/mol. The zero-order valence-corrected chi connectivity index (χ0v) is 70.2. The average molecular weight is 1750 g/mol. The summed E-state index contributed by atoms with van der Waals surface area (Å²) in [6, 6.07) is 67.3. The number of aliphatic hydroxyl groups is 3. The molecule has 17 unspecified atom stereocenters. The highest BCUT2D eigenvalue weighted by Crippen LogP contribution is 2.43. The van der Waals surface area contributed by atoms with Crippen molar-refractivity contribution in [1.29, 1.82) is 0 Å². The maximum Gasteiger partial charge on any atom is 0.407 e. The van der Waals surface area contributed by atoms with Crippen molar-refractivity contribution in [2.75, 3.05) is 66.4 Å². The summed E-state index contributed by atoms with van der Waals surface area (Å²) >= 11 is 0. The Balaban J connectivity index is 0.000000144. The summed E-state index contributed by atoms with van der Waals surface area (Å²) in [5.74, 6) is 2.56. The number of carbonyl (C=O) groups excluding carboxylic acids is 4. The molecule has 0 spiro atoms. The maximum atomic E-state index is 13.9. The molecule has 8 aliphatic heterocycles. The normalized spacial score (nSPS) is 22.8. The van der Waals surface area contributed by atoms with Crippen LogP contribution >= 0.6 is 0 Å². The van der Waals surface area contributed by atoms with Crippen LogP contribution in [0.25, 0.3) is 0 Å². The molecule has 0 radical (unpaired) electrons. The molecule has 31 nitrogen and oxygen atoms in total. The van der Waals surface area contributed by atoms with Gasteiger partial charge in [0.05, 0.1) is 106 Å². The number of carbonyl (C=O) groups is 4. The molecular formula is C94H106N6O25S. The largest absolute Gasteiger partial charge is 0.504 e. The number of aromatic hydroxyl groups is 2. The van der Waals surface area contributed by atoms with E-state index in [1.807, 2.05) is 188 Å². The van der Waals surface area contributed by atoms with Gasteiger partial charge in [-0.25, -0.2) is 22.8 Å². The first-order valence-corrected chi connectivity index (χ1v) is 43.5. The number of benzene rings is 9. The van der Waals surface area contributed by atoms with Crippen LogP contribution in [0.1, 0.15) is 76.4 Å². The van der Waals surface area contributed by atoms with Crippen molar-refractivity contribution in [3.8, 4) is 40.2 Å². The van der Waals surface area contributed by atoms with Crippen molar-refractivity contribution in [2.24, 2.45) is 23.5 Å². The van der Waals surface area contributed by atoms with Crippen LogP contribution in [0.4, 0.5) is 14.4 Å². The highest BCUT2D eigenvalue weighted by Gasteiger charge is 2.47. The molecule has 0 saturated carbocycles. The number of phenolic OH excluding ortho intramolecular Hbond substituents is 2. The lowest BCUT2D eigenvalue weighted by Crippen LogP contribution is -2.51. The van der Waals surface area contributed by atoms with Gasteiger partial charge in [-0.1, -0.05) is 170 Å². The topological polar surface area (TPSA) is 410 Å². The van der Waals surface area contributed by atoms with E-state index in [-0.39, 0.29) is 85.8 Å². The van der Waals surface area contributed by atoms with Crippen LogP contribution in [0.3, 0.4) is 0 Å². The summed E-state index contributed by atoms with van der Waals surface area (Å²) in [6.07, 6.45) is -3.28. The summed E-state index contributed by atoms with van der Waals surface area (Å²) in [5.41, 5.74) is 12.6. The van der Waals surface area contributed by atoms with Crippen LogP contribution in [-0.4, -0.2) is 203 Å². The molecule has 11 N–H and O–H groups in total. The lowest BCUT2D eigenvalue weighted by atomic mass is 10.0. The second-order valence-corrected chi connectivity index (χ2v) is 33.4. The highest BCUT2D eigenvalue weighted by atomic mass is 32.2. The molecule has 17 atom stereocenters. The molecule has 9 aromatic carbocycles. The number of rotatable bonds is 31. The summed E-state index contributed by atoms with van der Waals surface area (Å²) in [7, 11) is -2.74. The van der Waals surface area contributed by atoms with E-state index in [4.69, 9.17) is 72.0 Å². The Bertz CT molecular complexity index is 5100. The number of nitrogens with one attached hydrogen (secondary N) is 4. The zero-order valence-electron chi connectivity index (χ0n) is 69.4. The van der Waals surface area contributed by atoms with Gasteiger partial charge in [-0.15, -0.1) is 0 Å². The van der Waals surface area contributed by atoms with Gasteiger partial charge in [0.25, 0.3) is 12.6 Å². The van der Waals surface area contributed by atoms with Gasteiger partial charge in [0.2, 0.25) is 10.0 Å². The second kappa shape index (κ2) is 44.1. The van der Waals surface area contributed by atoms with Crippen molar-refractivity contribution in [3.63, 3.8) is 0 Å². The van der Waals surface area contributed by atoms with E-state index < -0.39 is 102 Å². The fourth-order valence-electron chi connectivity index (χ4n) is 15.9. The van der Waals surface area contributed by atoms with E-state index in [1.54, 1.807) is 0 Å². The minimum absolute atomic E-state index is 0.0463. The van der Waals surface area contributed by atoms with Crippen LogP contribution in [0, 0.1) is 17.8 Å². The van der Waals surface area contributed by atoms with Crippen LogP contribution in [0.2, 0.25) is 0 Å². The van der Waals surface area contributed by atoms with Crippen molar-refractivity contribution in [1.82, 2.24) is 25.6 Å². The van der Waals surface area contributed by atoms with Crippen LogP contribution < -0.4 is 50.7 Å². The van der Waals surface area contributed by atoms with E-state index in [0.717, 1.165) is 68.1 Å². The molecule has 8 aliphatic rings. The van der Waals surface area contributed by atoms with Crippen molar-refractivity contribution in [2.45, 2.75) is 149 Å². The molecule has 0 bridgehead atoms. The highest BCUT2D eigenvalue weighted by molar-refractivity contribution is 7.89. The number of methoxy groups -OCH3 is 1. The minimum Gasteiger partial charge on any atom is -0.504 e. The number of nitrogens with two attached hydrogens (primary N) is 1. The minimum atomic E-state index is -4.21. The van der Waals surface area contributed by atoms with Crippen LogP contribution in [0.15, 0.2) is 235 Å². The standard InChI is InChI=1S/C31H36N2O10S.C31H34N2O7.C17H24N2O5.C15H12O3/c1-40-22-8-10-23(11-9-22)44(38,39)33(17-21-7-12-26(34)27(35)16-21)18-28(36)25(15-20-5-3-2-4-6-20)32-31(37)43-29-19-42-30-24(29)13-14-41-30;34-25(18-32-17-21-11-12-26-27(16-21)39-29(38-26)22-9-5-2-6-10-22)24(15-20-7-3-1-4-8-20)33-31(35)40-28-19-37-30-23(28)13-14-36-30;18-9-14(20)13(8-11-4-2-1-3-5-11)19-17(21)24-15-10-23-16-12(15)6-7-22-16;16-9-8-11-6-7-13-14(10-11)18-15(17-13)12-4-2-1-3-5-12/h2-12,16,24-25,28-30,34-36H,13-15,17-19H2,1H3,(H,32,37);1-12,16,23-25,28-30,32,34H,13-15,17-19H2,(H,33,35);1-5,12-16,20H,6-10,18H2,(H,19,21);1-7,9-10,15H,8H2. The second-order valence-electron chi connectivity index (χ2n) is 31.5. The number of fused-ring (bicyclic) bond motifs is 5. The van der Waals surface area contributed by atoms with Crippen molar-refractivity contribution < 1.29 is 119 Å². The van der Waals surface area contributed by atoms with Gasteiger partial charge in [0.1, 0.15) is 30.3 Å². The summed E-state index contributed by atoms with van der Waals surface area (Å²) in [5, 5.41) is 64.2. The summed E-state index contributed by atoms with van der Waals surface area (Å²) < 4.78 is 107. The Kier molecular flexibility index (Phi) is 31.8. The molecule has 6 saturated heterocycles. The molecule has 32 heteroatoms. The Morgan fingerprint density at radius 3 is 1.30 bits per heavy atom. The van der Waals surface area contributed by atoms with Gasteiger partial charge in [0, 0.05) is 50.3 Å². The zero-order chi connectivity index (χ0) is 87.9. The molecule has 17 rings (SSSR count). The molecular weight excluding hydrogens is 1650 g/mol. The maximum absolute atomic E-state index is 13.9. The average Bonchev–Trinajstić information content (AvgIpc) is 1.05. The van der Waals surface area contributed by atoms with E-state index >= 15 is 0 Å². The molecule has 0 aromatic heterocycles. The number of alkyl carbamates (subject to hydrolysis) is 3. The molecule has 9 aromatic rings. The SMILES string of the molecule is COc1ccc(S(=O)(=O)N(Cc2ccc(O)c(O)c2)CC(O)C(Cc2ccccc2)NC(=O)OC2COC3OCCC23)cc1.NCC(O)C(Cc1ccccc1)NC(=O)OC1COC2OCCC12.O=C(NC(Cc1ccccc1)C(O)CNCc1ccc2c(c1)OC(c1ccccc1)O2)OC1COC2OCCC12.O=CCc1ccc2c(c1)OC(c1ccccc1)O2. The third-order valence-electron chi connectivity index (χ3n) is 22.8. The lowest BCUT2D eigenvalue weighted by Gasteiger charge is -2.30. The molecule has 668 valence electrons. The fraction of sp³-hybridized carbons (Fsp3) is 0.383. The first-order chi connectivity index (χ1) is 61.3. The van der Waals surface area contributed by atoms with E-state index in [2.05, 4.69) is 21.3 Å². The third-order valence-corrected chi connectivity index (χ3v) is 24.6.